The highest BCUT2D eigenvalue weighted by Gasteiger charge is 2.29. The number of hydrogen-bond donors (Lipinski definition) is 3. The molecule has 0 aromatic heterocycles. The van der Waals surface area contributed by atoms with Gasteiger partial charge in [-0.3, -0.25) is 14.9 Å². The molecule has 3 aromatic carbocycles. The zero-order valence-electron chi connectivity index (χ0n) is 19.1. The smallest absolute Gasteiger partial charge is 0.411 e. The van der Waals surface area contributed by atoms with Gasteiger partial charge in [0.05, 0.1) is 6.42 Å². The first-order chi connectivity index (χ1) is 16.9. The van der Waals surface area contributed by atoms with E-state index in [0.29, 0.717) is 12.1 Å². The minimum absolute atomic E-state index is 0.0749. The number of rotatable bonds is 8. The highest BCUT2D eigenvalue weighted by molar-refractivity contribution is 6.31. The SMILES string of the molecule is CCC(CC(=O)O)NC(=O)c1cc(Cl)cc(NC(=O)OCC2c3ccccc3-c3ccccc32)c1. The molecule has 3 aromatic rings. The van der Waals surface area contributed by atoms with Gasteiger partial charge in [-0.2, -0.15) is 0 Å². The molecular weight excluding hydrogens is 468 g/mol. The predicted molar refractivity (Wildman–Crippen MR) is 134 cm³/mol. The van der Waals surface area contributed by atoms with E-state index in [0.717, 1.165) is 22.3 Å². The van der Waals surface area contributed by atoms with E-state index in [4.69, 9.17) is 21.4 Å². The van der Waals surface area contributed by atoms with Crippen LogP contribution in [0.5, 0.6) is 0 Å². The number of anilines is 1. The van der Waals surface area contributed by atoms with Crippen molar-refractivity contribution < 1.29 is 24.2 Å². The lowest BCUT2D eigenvalue weighted by Crippen LogP contribution is -2.36. The number of carboxylic acid groups (broad SMARTS) is 1. The highest BCUT2D eigenvalue weighted by atomic mass is 35.5. The molecule has 1 atom stereocenters. The number of amides is 2. The summed E-state index contributed by atoms with van der Waals surface area (Å²) >= 11 is 6.16. The summed E-state index contributed by atoms with van der Waals surface area (Å²) < 4.78 is 5.55. The van der Waals surface area contributed by atoms with Gasteiger partial charge in [-0.05, 0) is 46.9 Å². The summed E-state index contributed by atoms with van der Waals surface area (Å²) in [5, 5.41) is 14.5. The van der Waals surface area contributed by atoms with Crippen LogP contribution >= 0.6 is 11.6 Å². The molecule has 1 aliphatic carbocycles. The molecule has 0 bridgehead atoms. The minimum Gasteiger partial charge on any atom is -0.481 e. The standard InChI is InChI=1S/C27H25ClN2O5/c1-2-18(14-25(31)32)29-26(33)16-11-17(28)13-19(12-16)30-27(34)35-15-24-22-9-5-3-7-20(22)21-8-4-6-10-23(21)24/h3-13,18,24H,2,14-15H2,1H3,(H,29,33)(H,30,34)(H,31,32). The van der Waals surface area contributed by atoms with Gasteiger partial charge in [-0.15, -0.1) is 0 Å². The largest absolute Gasteiger partial charge is 0.481 e. The van der Waals surface area contributed by atoms with Crippen molar-refractivity contribution in [3.05, 3.63) is 88.4 Å². The highest BCUT2D eigenvalue weighted by Crippen LogP contribution is 2.44. The zero-order chi connectivity index (χ0) is 24.9. The molecule has 2 amide bonds. The van der Waals surface area contributed by atoms with E-state index in [1.54, 1.807) is 6.92 Å². The number of benzene rings is 3. The molecule has 0 saturated carbocycles. The third-order valence-corrected chi connectivity index (χ3v) is 6.22. The van der Waals surface area contributed by atoms with E-state index in [1.807, 2.05) is 36.4 Å². The first-order valence-electron chi connectivity index (χ1n) is 11.3. The molecule has 35 heavy (non-hydrogen) atoms. The molecule has 0 spiro atoms. The number of carbonyl (C=O) groups excluding carboxylic acids is 2. The lowest BCUT2D eigenvalue weighted by Gasteiger charge is -2.16. The van der Waals surface area contributed by atoms with Gasteiger partial charge >= 0.3 is 12.1 Å². The van der Waals surface area contributed by atoms with Crippen LogP contribution in [0.3, 0.4) is 0 Å². The van der Waals surface area contributed by atoms with E-state index in [-0.39, 0.29) is 29.5 Å². The molecule has 0 aliphatic heterocycles. The van der Waals surface area contributed by atoms with Crippen LogP contribution in [0, 0.1) is 0 Å². The fourth-order valence-corrected chi connectivity index (χ4v) is 4.56. The Labute approximate surface area is 208 Å². The van der Waals surface area contributed by atoms with Crippen molar-refractivity contribution >= 4 is 35.3 Å². The molecule has 7 nitrogen and oxygen atoms in total. The number of carboxylic acids is 1. The quantitative estimate of drug-likeness (QED) is 0.375. The average Bonchev–Trinajstić information content (AvgIpc) is 3.15. The third-order valence-electron chi connectivity index (χ3n) is 6.00. The fraction of sp³-hybridized carbons (Fsp3) is 0.222. The molecule has 1 unspecified atom stereocenters. The monoisotopic (exact) mass is 492 g/mol. The Bertz CT molecular complexity index is 1230. The van der Waals surface area contributed by atoms with Gasteiger partial charge < -0.3 is 15.2 Å². The van der Waals surface area contributed by atoms with E-state index < -0.39 is 24.0 Å². The molecule has 0 saturated heterocycles. The Balaban J connectivity index is 1.42. The van der Waals surface area contributed by atoms with Crippen molar-refractivity contribution in [2.45, 2.75) is 31.7 Å². The van der Waals surface area contributed by atoms with Crippen molar-refractivity contribution in [3.8, 4) is 11.1 Å². The van der Waals surface area contributed by atoms with Gasteiger partial charge in [0.15, 0.2) is 0 Å². The van der Waals surface area contributed by atoms with Crippen LogP contribution in [-0.4, -0.2) is 35.7 Å². The van der Waals surface area contributed by atoms with Gasteiger partial charge in [-0.1, -0.05) is 67.1 Å². The van der Waals surface area contributed by atoms with E-state index in [2.05, 4.69) is 22.8 Å². The summed E-state index contributed by atoms with van der Waals surface area (Å²) in [6, 6.07) is 20.0. The Morgan fingerprint density at radius 3 is 2.23 bits per heavy atom. The summed E-state index contributed by atoms with van der Waals surface area (Å²) in [6.07, 6.45) is -0.394. The average molecular weight is 493 g/mol. The maximum absolute atomic E-state index is 12.6. The molecule has 180 valence electrons. The number of hydrogen-bond acceptors (Lipinski definition) is 4. The molecule has 4 rings (SSSR count). The molecule has 0 fully saturated rings. The predicted octanol–water partition coefficient (Wildman–Crippen LogP) is 5.68. The van der Waals surface area contributed by atoms with Gasteiger partial charge in [0.25, 0.3) is 5.91 Å². The summed E-state index contributed by atoms with van der Waals surface area (Å²) in [7, 11) is 0. The molecule has 0 heterocycles. The second kappa shape index (κ2) is 10.6. The number of ether oxygens (including phenoxy) is 1. The fourth-order valence-electron chi connectivity index (χ4n) is 4.32. The summed E-state index contributed by atoms with van der Waals surface area (Å²) in [5.41, 5.74) is 4.98. The lowest BCUT2D eigenvalue weighted by molar-refractivity contribution is -0.137. The third kappa shape index (κ3) is 5.63. The van der Waals surface area contributed by atoms with Gasteiger partial charge in [0.1, 0.15) is 6.61 Å². The molecular formula is C27H25ClN2O5. The Morgan fingerprint density at radius 2 is 1.63 bits per heavy atom. The van der Waals surface area contributed by atoms with Crippen molar-refractivity contribution in [1.82, 2.24) is 5.32 Å². The van der Waals surface area contributed by atoms with E-state index in [1.165, 1.54) is 18.2 Å². The van der Waals surface area contributed by atoms with Crippen molar-refractivity contribution in [3.63, 3.8) is 0 Å². The van der Waals surface area contributed by atoms with Crippen LogP contribution in [0.25, 0.3) is 11.1 Å². The zero-order valence-corrected chi connectivity index (χ0v) is 19.8. The number of nitrogens with one attached hydrogen (secondary N) is 2. The maximum atomic E-state index is 12.6. The summed E-state index contributed by atoms with van der Waals surface area (Å²) in [5.74, 6) is -1.55. The van der Waals surface area contributed by atoms with Crippen molar-refractivity contribution in [2.24, 2.45) is 0 Å². The number of halogens is 1. The first-order valence-corrected chi connectivity index (χ1v) is 11.7. The van der Waals surface area contributed by atoms with E-state index in [9.17, 15) is 14.4 Å². The summed E-state index contributed by atoms with van der Waals surface area (Å²) in [4.78, 5) is 36.2. The number of aliphatic carboxylic acids is 1. The lowest BCUT2D eigenvalue weighted by atomic mass is 9.98. The molecule has 0 radical (unpaired) electrons. The maximum Gasteiger partial charge on any atom is 0.411 e. The number of fused-ring (bicyclic) bond motifs is 3. The Kier molecular flexibility index (Phi) is 7.36. The molecule has 1 aliphatic rings. The summed E-state index contributed by atoms with van der Waals surface area (Å²) in [6.45, 7) is 1.94. The van der Waals surface area contributed by atoms with Crippen molar-refractivity contribution in [2.75, 3.05) is 11.9 Å². The second-order valence-corrected chi connectivity index (χ2v) is 8.79. The van der Waals surface area contributed by atoms with Crippen molar-refractivity contribution in [1.29, 1.82) is 0 Å². The van der Waals surface area contributed by atoms with Crippen LogP contribution < -0.4 is 10.6 Å². The second-order valence-electron chi connectivity index (χ2n) is 8.36. The van der Waals surface area contributed by atoms with Gasteiger partial charge in [-0.25, -0.2) is 4.79 Å². The molecule has 3 N–H and O–H groups in total. The molecule has 8 heteroatoms. The van der Waals surface area contributed by atoms with Gasteiger partial charge in [0.2, 0.25) is 0 Å². The minimum atomic E-state index is -0.999. The topological polar surface area (TPSA) is 105 Å². The van der Waals surface area contributed by atoms with Crippen LogP contribution in [0.2, 0.25) is 5.02 Å². The van der Waals surface area contributed by atoms with E-state index >= 15 is 0 Å². The first kappa shape index (κ1) is 24.3. The van der Waals surface area contributed by atoms with Gasteiger partial charge in [0, 0.05) is 28.2 Å². The normalized spacial score (nSPS) is 12.9. The van der Waals surface area contributed by atoms with Crippen LogP contribution in [0.1, 0.15) is 47.2 Å². The Morgan fingerprint density at radius 1 is 1.00 bits per heavy atom. The van der Waals surface area contributed by atoms with Crippen LogP contribution in [0.4, 0.5) is 10.5 Å². The Hall–Kier alpha value is -3.84. The van der Waals surface area contributed by atoms with Crippen LogP contribution in [-0.2, 0) is 9.53 Å². The van der Waals surface area contributed by atoms with Crippen LogP contribution in [0.15, 0.2) is 66.7 Å². The number of carbonyl (C=O) groups is 3.